The van der Waals surface area contributed by atoms with E-state index in [0.29, 0.717) is 36.8 Å². The molecule has 7 nitrogen and oxygen atoms in total. The Morgan fingerprint density at radius 1 is 1.23 bits per heavy atom. The molecule has 0 saturated carbocycles. The summed E-state index contributed by atoms with van der Waals surface area (Å²) in [5, 5.41) is -0.424. The maximum atomic E-state index is 12.8. The third-order valence-corrected chi connectivity index (χ3v) is 6.73. The zero-order valence-corrected chi connectivity index (χ0v) is 20.4. The largest absolute Gasteiger partial charge is 0.493 e. The molecule has 9 heteroatoms. The summed E-state index contributed by atoms with van der Waals surface area (Å²) in [4.78, 5) is 41.0. The molecule has 2 fully saturated rings. The smallest absolute Gasteiger partial charge is 0.294 e. The average molecular weight is 556 g/mol. The van der Waals surface area contributed by atoms with Crippen LogP contribution in [-0.4, -0.2) is 60.2 Å². The average Bonchev–Trinajstić information content (AvgIpc) is 2.95. The predicted molar refractivity (Wildman–Crippen MR) is 129 cm³/mol. The molecule has 2 aliphatic heterocycles. The van der Waals surface area contributed by atoms with Gasteiger partial charge in [0, 0.05) is 13.1 Å². The van der Waals surface area contributed by atoms with E-state index in [1.165, 1.54) is 7.11 Å². The number of ether oxygens (including phenoxy) is 2. The molecule has 0 atom stereocenters. The Morgan fingerprint density at radius 2 is 1.94 bits per heavy atom. The molecule has 2 saturated heterocycles. The van der Waals surface area contributed by atoms with Crippen molar-refractivity contribution in [1.82, 2.24) is 9.80 Å². The second-order valence-corrected chi connectivity index (χ2v) is 9.35. The van der Waals surface area contributed by atoms with Crippen LogP contribution in [0.5, 0.6) is 11.5 Å². The number of benzene rings is 1. The van der Waals surface area contributed by atoms with Crippen molar-refractivity contribution in [3.05, 3.63) is 38.8 Å². The highest BCUT2D eigenvalue weighted by atomic mass is 127. The predicted octanol–water partition coefficient (Wildman–Crippen LogP) is 4.30. The van der Waals surface area contributed by atoms with E-state index in [1.54, 1.807) is 23.1 Å². The van der Waals surface area contributed by atoms with E-state index in [4.69, 9.17) is 9.47 Å². The molecule has 31 heavy (non-hydrogen) atoms. The fourth-order valence-electron chi connectivity index (χ4n) is 3.45. The summed E-state index contributed by atoms with van der Waals surface area (Å²) in [5.74, 6) is 0.497. The molecule has 2 aliphatic rings. The molecule has 1 aromatic rings. The zero-order valence-electron chi connectivity index (χ0n) is 17.4. The van der Waals surface area contributed by atoms with Gasteiger partial charge in [-0.1, -0.05) is 25.5 Å². The molecular weight excluding hydrogens is 531 g/mol. The number of methoxy groups -OCH3 is 1. The molecular formula is C22H25IN2O5S. The number of carbonyl (C=O) groups excluding carboxylic acids is 3. The summed E-state index contributed by atoms with van der Waals surface area (Å²) in [6, 6.07) is 3.59. The molecule has 0 N–H and O–H groups in total. The maximum absolute atomic E-state index is 12.8. The number of carbonyl (C=O) groups is 3. The minimum absolute atomic E-state index is 0.176. The van der Waals surface area contributed by atoms with E-state index < -0.39 is 11.1 Å². The van der Waals surface area contributed by atoms with Gasteiger partial charge in [0.15, 0.2) is 11.5 Å². The molecule has 0 bridgehead atoms. The van der Waals surface area contributed by atoms with Crippen molar-refractivity contribution >= 4 is 57.5 Å². The van der Waals surface area contributed by atoms with Crippen LogP contribution in [0.25, 0.3) is 6.08 Å². The van der Waals surface area contributed by atoms with Crippen LogP contribution in [0.15, 0.2) is 29.7 Å². The van der Waals surface area contributed by atoms with Crippen molar-refractivity contribution in [2.45, 2.75) is 25.7 Å². The van der Waals surface area contributed by atoms with Crippen molar-refractivity contribution in [3.63, 3.8) is 0 Å². The van der Waals surface area contributed by atoms with Crippen molar-refractivity contribution in [2.75, 3.05) is 33.4 Å². The van der Waals surface area contributed by atoms with Crippen molar-refractivity contribution < 1.29 is 23.9 Å². The molecule has 3 amide bonds. The lowest BCUT2D eigenvalue weighted by atomic mass is 10.2. The highest BCUT2D eigenvalue weighted by molar-refractivity contribution is 14.1. The molecule has 2 heterocycles. The summed E-state index contributed by atoms with van der Waals surface area (Å²) in [6.07, 6.45) is 7.41. The van der Waals surface area contributed by atoms with Gasteiger partial charge in [0.25, 0.3) is 11.1 Å². The summed E-state index contributed by atoms with van der Waals surface area (Å²) in [7, 11) is 1.54. The van der Waals surface area contributed by atoms with Crippen LogP contribution in [0.1, 0.15) is 31.2 Å². The summed E-state index contributed by atoms with van der Waals surface area (Å²) in [5.41, 5.74) is 0.705. The Hall–Kier alpha value is -2.01. The number of likely N-dealkylation sites (tertiary alicyclic amines) is 1. The monoisotopic (exact) mass is 556 g/mol. The Labute approximate surface area is 199 Å². The van der Waals surface area contributed by atoms with Crippen LogP contribution in [0.3, 0.4) is 0 Å². The summed E-state index contributed by atoms with van der Waals surface area (Å²) in [6.45, 7) is 5.14. The van der Waals surface area contributed by atoms with Gasteiger partial charge in [-0.25, -0.2) is 0 Å². The lowest BCUT2D eigenvalue weighted by Crippen LogP contribution is -2.42. The number of nitrogens with zero attached hydrogens (tertiary/aromatic N) is 2. The van der Waals surface area contributed by atoms with E-state index in [9.17, 15) is 14.4 Å². The van der Waals surface area contributed by atoms with Crippen molar-refractivity contribution in [1.29, 1.82) is 0 Å². The maximum Gasteiger partial charge on any atom is 0.294 e. The summed E-state index contributed by atoms with van der Waals surface area (Å²) < 4.78 is 11.9. The Kier molecular flexibility index (Phi) is 8.42. The van der Waals surface area contributed by atoms with Gasteiger partial charge in [0.2, 0.25) is 5.91 Å². The molecule has 0 unspecified atom stereocenters. The second kappa shape index (κ2) is 11.0. The zero-order chi connectivity index (χ0) is 22.4. The number of amides is 3. The highest BCUT2D eigenvalue weighted by Gasteiger charge is 2.37. The quantitative estimate of drug-likeness (QED) is 0.283. The van der Waals surface area contributed by atoms with E-state index in [1.807, 2.05) is 6.07 Å². The summed E-state index contributed by atoms with van der Waals surface area (Å²) >= 11 is 2.98. The van der Waals surface area contributed by atoms with Crippen LogP contribution in [0, 0.1) is 3.57 Å². The molecule has 0 radical (unpaired) electrons. The van der Waals surface area contributed by atoms with Crippen LogP contribution in [-0.2, 0) is 9.59 Å². The number of halogens is 1. The Morgan fingerprint density at radius 3 is 2.58 bits per heavy atom. The van der Waals surface area contributed by atoms with Gasteiger partial charge < -0.3 is 14.4 Å². The molecule has 0 spiro atoms. The van der Waals surface area contributed by atoms with Crippen molar-refractivity contribution in [3.8, 4) is 11.5 Å². The van der Waals surface area contributed by atoms with Gasteiger partial charge in [0.05, 0.1) is 15.6 Å². The molecule has 1 aromatic carbocycles. The van der Waals surface area contributed by atoms with Gasteiger partial charge in [0.1, 0.15) is 13.2 Å². The minimum Gasteiger partial charge on any atom is -0.493 e. The van der Waals surface area contributed by atoms with Gasteiger partial charge in [-0.15, -0.1) is 0 Å². The molecule has 0 aliphatic carbocycles. The van der Waals surface area contributed by atoms with Crippen molar-refractivity contribution in [2.24, 2.45) is 0 Å². The molecule has 3 rings (SSSR count). The minimum atomic E-state index is -0.445. The third-order valence-electron chi connectivity index (χ3n) is 5.02. The van der Waals surface area contributed by atoms with Crippen LogP contribution in [0.4, 0.5) is 4.79 Å². The van der Waals surface area contributed by atoms with E-state index in [2.05, 4.69) is 29.2 Å². The fourth-order valence-corrected chi connectivity index (χ4v) is 5.07. The second-order valence-electron chi connectivity index (χ2n) is 7.20. The number of thioether (sulfide) groups is 1. The third kappa shape index (κ3) is 5.82. The first-order valence-corrected chi connectivity index (χ1v) is 12.0. The number of imide groups is 1. The Balaban J connectivity index is 1.76. The van der Waals surface area contributed by atoms with Gasteiger partial charge >= 0.3 is 0 Å². The normalized spacial score (nSPS) is 18.3. The van der Waals surface area contributed by atoms with Gasteiger partial charge in [-0.3, -0.25) is 19.3 Å². The van der Waals surface area contributed by atoms with E-state index in [0.717, 1.165) is 45.9 Å². The molecule has 0 aromatic heterocycles. The number of hydrogen-bond donors (Lipinski definition) is 0. The lowest BCUT2D eigenvalue weighted by Gasteiger charge is -2.22. The number of rotatable bonds is 7. The van der Waals surface area contributed by atoms with Crippen LogP contribution < -0.4 is 9.47 Å². The lowest BCUT2D eigenvalue weighted by molar-refractivity contribution is -0.135. The Bertz CT molecular complexity index is 909. The fraction of sp³-hybridized carbons (Fsp3) is 0.409. The first-order chi connectivity index (χ1) is 14.9. The van der Waals surface area contributed by atoms with E-state index >= 15 is 0 Å². The first kappa shape index (κ1) is 23.6. The van der Waals surface area contributed by atoms with Gasteiger partial charge in [-0.2, -0.15) is 0 Å². The SMILES string of the molecule is C=CCOc1c(I)cc(C=C2SC(=O)N(CC(=O)N3CCCCCC3)C2=O)cc1OC. The highest BCUT2D eigenvalue weighted by Crippen LogP contribution is 2.37. The van der Waals surface area contributed by atoms with Gasteiger partial charge in [-0.05, 0) is 71.0 Å². The van der Waals surface area contributed by atoms with E-state index in [-0.39, 0.29) is 17.4 Å². The number of hydrogen-bond acceptors (Lipinski definition) is 6. The standard InChI is InChI=1S/C22H25IN2O5S/c1-3-10-30-20-16(23)11-15(12-17(20)29-2)13-18-21(27)25(22(28)31-18)14-19(26)24-8-6-4-5-7-9-24/h3,11-13H,1,4-10,14H2,2H3. The topological polar surface area (TPSA) is 76.2 Å². The molecule has 166 valence electrons. The van der Waals surface area contributed by atoms with Crippen LogP contribution in [0.2, 0.25) is 0 Å². The first-order valence-electron chi connectivity index (χ1n) is 10.1. The van der Waals surface area contributed by atoms with Crippen LogP contribution >= 0.6 is 34.4 Å².